The van der Waals surface area contributed by atoms with Crippen molar-refractivity contribution in [3.8, 4) is 11.3 Å². The molecule has 2 heterocycles. The molecule has 1 saturated heterocycles. The molecule has 1 aliphatic heterocycles. The first-order chi connectivity index (χ1) is 22.8. The van der Waals surface area contributed by atoms with Gasteiger partial charge in [-0.05, 0) is 68.4 Å². The SMILES string of the molecule is Cc1ccc(C(=O)NC[C@H](NC(=O)c2cncc(-c3ccccc3)n2)C(=O)N[C@@H](CC(C)C)B2O[C@@H]3C[C@H]4C[C@H](C4(C)C)[C@]3(C)O2)cc1. The Morgan fingerprint density at radius 2 is 1.69 bits per heavy atom. The van der Waals surface area contributed by atoms with Crippen LogP contribution in [0.2, 0.25) is 0 Å². The third-order valence-electron chi connectivity index (χ3n) is 10.7. The Morgan fingerprint density at radius 3 is 2.38 bits per heavy atom. The average molecular weight is 652 g/mol. The highest BCUT2D eigenvalue weighted by Gasteiger charge is 2.68. The Kier molecular flexibility index (Phi) is 9.46. The zero-order chi connectivity index (χ0) is 34.2. The number of carbonyl (C=O) groups is 3. The van der Waals surface area contributed by atoms with Crippen LogP contribution in [0.4, 0.5) is 0 Å². The van der Waals surface area contributed by atoms with Gasteiger partial charge < -0.3 is 25.3 Å². The van der Waals surface area contributed by atoms with E-state index in [1.165, 1.54) is 6.20 Å². The molecule has 7 rings (SSSR count). The molecule has 0 unspecified atom stereocenters. The molecule has 3 N–H and O–H groups in total. The maximum absolute atomic E-state index is 14.1. The second kappa shape index (κ2) is 13.4. The van der Waals surface area contributed by atoms with Crippen molar-refractivity contribution in [2.24, 2.45) is 23.2 Å². The molecule has 3 saturated carbocycles. The number of amides is 3. The summed E-state index contributed by atoms with van der Waals surface area (Å²) in [6, 6.07) is 15.4. The van der Waals surface area contributed by atoms with E-state index in [1.807, 2.05) is 49.4 Å². The molecule has 252 valence electrons. The fourth-order valence-electron chi connectivity index (χ4n) is 7.77. The predicted octanol–water partition coefficient (Wildman–Crippen LogP) is 4.78. The Labute approximate surface area is 283 Å². The number of aromatic nitrogens is 2. The largest absolute Gasteiger partial charge is 0.481 e. The fraction of sp³-hybridized carbons (Fsp3) is 0.486. The third-order valence-corrected chi connectivity index (χ3v) is 10.7. The molecular formula is C37H46BN5O5. The molecule has 0 radical (unpaired) electrons. The summed E-state index contributed by atoms with van der Waals surface area (Å²) in [6.07, 6.45) is 5.58. The van der Waals surface area contributed by atoms with Crippen LogP contribution in [0.5, 0.6) is 0 Å². The van der Waals surface area contributed by atoms with Crippen LogP contribution >= 0.6 is 0 Å². The quantitative estimate of drug-likeness (QED) is 0.255. The van der Waals surface area contributed by atoms with Gasteiger partial charge >= 0.3 is 7.12 Å². The molecule has 4 aliphatic rings. The molecule has 48 heavy (non-hydrogen) atoms. The van der Waals surface area contributed by atoms with Crippen molar-refractivity contribution in [2.45, 2.75) is 84.5 Å². The zero-order valence-electron chi connectivity index (χ0n) is 28.7. The van der Waals surface area contributed by atoms with Gasteiger partial charge in [0.15, 0.2) is 0 Å². The summed E-state index contributed by atoms with van der Waals surface area (Å²) in [5, 5.41) is 8.78. The molecule has 0 spiro atoms. The highest BCUT2D eigenvalue weighted by Crippen LogP contribution is 2.65. The number of benzene rings is 2. The topological polar surface area (TPSA) is 132 Å². The van der Waals surface area contributed by atoms with E-state index in [2.05, 4.69) is 60.5 Å². The number of aryl methyl sites for hydroxylation is 1. The van der Waals surface area contributed by atoms with Gasteiger partial charge in [-0.1, -0.05) is 75.7 Å². The van der Waals surface area contributed by atoms with Gasteiger partial charge in [0, 0.05) is 17.7 Å². The lowest BCUT2D eigenvalue weighted by atomic mass is 9.43. The lowest BCUT2D eigenvalue weighted by molar-refractivity contribution is -0.199. The fourth-order valence-corrected chi connectivity index (χ4v) is 7.77. The van der Waals surface area contributed by atoms with Crippen molar-refractivity contribution >= 4 is 24.8 Å². The van der Waals surface area contributed by atoms with Crippen molar-refractivity contribution in [1.29, 1.82) is 0 Å². The average Bonchev–Trinajstić information content (AvgIpc) is 3.44. The lowest BCUT2D eigenvalue weighted by Gasteiger charge is -2.64. The molecule has 6 atom stereocenters. The predicted molar refractivity (Wildman–Crippen MR) is 184 cm³/mol. The number of rotatable bonds is 11. The zero-order valence-corrected chi connectivity index (χ0v) is 28.7. The Hall–Kier alpha value is -4.09. The van der Waals surface area contributed by atoms with Gasteiger partial charge in [-0.25, -0.2) is 4.98 Å². The van der Waals surface area contributed by atoms with Crippen LogP contribution in [0.1, 0.15) is 80.3 Å². The minimum Gasteiger partial charge on any atom is -0.404 e. The van der Waals surface area contributed by atoms with E-state index in [9.17, 15) is 14.4 Å². The minimum atomic E-state index is -1.12. The Balaban J connectivity index is 1.21. The van der Waals surface area contributed by atoms with E-state index >= 15 is 0 Å². The molecule has 2 aromatic carbocycles. The first-order valence-corrected chi connectivity index (χ1v) is 17.0. The second-order valence-corrected chi connectivity index (χ2v) is 14.8. The molecule has 10 nitrogen and oxygen atoms in total. The summed E-state index contributed by atoms with van der Waals surface area (Å²) in [6.45, 7) is 12.8. The van der Waals surface area contributed by atoms with E-state index in [4.69, 9.17) is 9.31 Å². The number of carbonyl (C=O) groups excluding carboxylic acids is 3. The van der Waals surface area contributed by atoms with Gasteiger partial charge in [-0.3, -0.25) is 19.4 Å². The van der Waals surface area contributed by atoms with Crippen LogP contribution in [0, 0.1) is 30.1 Å². The second-order valence-electron chi connectivity index (χ2n) is 14.8. The van der Waals surface area contributed by atoms with Gasteiger partial charge in [-0.2, -0.15) is 0 Å². The van der Waals surface area contributed by atoms with Gasteiger partial charge in [0.05, 0.1) is 35.7 Å². The summed E-state index contributed by atoms with van der Waals surface area (Å²) in [4.78, 5) is 49.5. The lowest BCUT2D eigenvalue weighted by Crippen LogP contribution is -2.65. The molecule has 2 bridgehead atoms. The van der Waals surface area contributed by atoms with Gasteiger partial charge in [0.1, 0.15) is 11.7 Å². The van der Waals surface area contributed by atoms with Crippen molar-refractivity contribution in [3.05, 3.63) is 83.8 Å². The number of nitrogens with zero attached hydrogens (tertiary/aromatic N) is 2. The van der Waals surface area contributed by atoms with Crippen LogP contribution in [0.3, 0.4) is 0 Å². The van der Waals surface area contributed by atoms with Gasteiger partial charge in [0.25, 0.3) is 11.8 Å². The number of hydrogen-bond donors (Lipinski definition) is 3. The van der Waals surface area contributed by atoms with E-state index < -0.39 is 36.5 Å². The molecule has 3 aromatic rings. The normalized spacial score (nSPS) is 25.0. The molecule has 11 heteroatoms. The van der Waals surface area contributed by atoms with Crippen molar-refractivity contribution in [3.63, 3.8) is 0 Å². The van der Waals surface area contributed by atoms with Crippen LogP contribution in [-0.4, -0.2) is 65.0 Å². The highest BCUT2D eigenvalue weighted by atomic mass is 16.7. The van der Waals surface area contributed by atoms with E-state index in [-0.39, 0.29) is 35.6 Å². The summed E-state index contributed by atoms with van der Waals surface area (Å²) < 4.78 is 13.3. The van der Waals surface area contributed by atoms with Crippen LogP contribution in [0.25, 0.3) is 11.3 Å². The Morgan fingerprint density at radius 1 is 0.958 bits per heavy atom. The maximum atomic E-state index is 14.1. The van der Waals surface area contributed by atoms with Crippen LogP contribution < -0.4 is 16.0 Å². The molecule has 1 aromatic heterocycles. The van der Waals surface area contributed by atoms with Crippen LogP contribution in [-0.2, 0) is 14.1 Å². The molecule has 3 amide bonds. The number of hydrogen-bond acceptors (Lipinski definition) is 7. The van der Waals surface area contributed by atoms with Crippen molar-refractivity contribution < 1.29 is 23.7 Å². The van der Waals surface area contributed by atoms with Crippen LogP contribution in [0.15, 0.2) is 67.0 Å². The summed E-state index contributed by atoms with van der Waals surface area (Å²) in [7, 11) is -0.631. The monoisotopic (exact) mass is 651 g/mol. The van der Waals surface area contributed by atoms with Crippen molar-refractivity contribution in [1.82, 2.24) is 25.9 Å². The van der Waals surface area contributed by atoms with Crippen molar-refractivity contribution in [2.75, 3.05) is 6.54 Å². The molecular weight excluding hydrogens is 605 g/mol. The van der Waals surface area contributed by atoms with E-state index in [1.54, 1.807) is 18.3 Å². The van der Waals surface area contributed by atoms with Gasteiger partial charge in [0.2, 0.25) is 5.91 Å². The summed E-state index contributed by atoms with van der Waals surface area (Å²) in [5.41, 5.74) is 2.63. The van der Waals surface area contributed by atoms with E-state index in [0.717, 1.165) is 24.0 Å². The Bertz CT molecular complexity index is 1650. The smallest absolute Gasteiger partial charge is 0.404 e. The standard InChI is InChI=1S/C37H46BN5O5/c1-22(2)16-32(38-47-31-18-26-17-30(36(26,4)5)37(31,6)48-38)43-35(46)29(21-40-33(44)25-14-12-23(3)13-15-25)42-34(45)28-20-39-19-27(41-28)24-10-8-7-9-11-24/h7-15,19-20,22,26,29-32H,16-18,21H2,1-6H3,(H,40,44)(H,42,45)(H,43,46)/t26-,29+,30-,31-,32+,37+/m1/s1. The summed E-state index contributed by atoms with van der Waals surface area (Å²) in [5.74, 6) is -0.650. The number of nitrogens with one attached hydrogen (secondary N) is 3. The maximum Gasteiger partial charge on any atom is 0.481 e. The van der Waals surface area contributed by atoms with E-state index in [0.29, 0.717) is 29.5 Å². The molecule has 3 aliphatic carbocycles. The minimum absolute atomic E-state index is 0.0365. The summed E-state index contributed by atoms with van der Waals surface area (Å²) >= 11 is 0. The first kappa shape index (κ1) is 33.8. The van der Waals surface area contributed by atoms with Gasteiger partial charge in [-0.15, -0.1) is 0 Å². The molecule has 4 fully saturated rings. The highest BCUT2D eigenvalue weighted by molar-refractivity contribution is 6.48. The third kappa shape index (κ3) is 6.76. The first-order valence-electron chi connectivity index (χ1n) is 17.0.